The topological polar surface area (TPSA) is 129 Å². The number of methoxy groups -OCH3 is 1. The van der Waals surface area contributed by atoms with Gasteiger partial charge in [0.25, 0.3) is 0 Å². The van der Waals surface area contributed by atoms with Crippen molar-refractivity contribution in [3.8, 4) is 11.5 Å². The molecule has 0 fully saturated rings. The van der Waals surface area contributed by atoms with Crippen LogP contribution in [-0.4, -0.2) is 43.8 Å². The highest BCUT2D eigenvalue weighted by Crippen LogP contribution is 2.27. The van der Waals surface area contributed by atoms with Gasteiger partial charge in [-0.1, -0.05) is 6.92 Å². The molecule has 0 spiro atoms. The molecule has 0 aliphatic heterocycles. The fourth-order valence-corrected chi connectivity index (χ4v) is 1.63. The number of hydrazone groups is 1. The molecular formula is C16H20N3O6-. The van der Waals surface area contributed by atoms with E-state index in [2.05, 4.69) is 15.8 Å². The summed E-state index contributed by atoms with van der Waals surface area (Å²) in [4.78, 5) is 33.5. The van der Waals surface area contributed by atoms with Crippen molar-refractivity contribution in [2.24, 2.45) is 5.10 Å². The molecule has 0 aliphatic rings. The zero-order valence-corrected chi connectivity index (χ0v) is 14.2. The Morgan fingerprint density at radius 3 is 2.60 bits per heavy atom. The molecule has 2 N–H and O–H groups in total. The lowest BCUT2D eigenvalue weighted by atomic mass is 10.2. The van der Waals surface area contributed by atoms with E-state index in [1.165, 1.54) is 25.5 Å². The van der Waals surface area contributed by atoms with E-state index < -0.39 is 24.4 Å². The van der Waals surface area contributed by atoms with E-state index >= 15 is 0 Å². The summed E-state index contributed by atoms with van der Waals surface area (Å²) in [6, 6.07) is 4.47. The number of hydrogen-bond acceptors (Lipinski definition) is 7. The Hall–Kier alpha value is -3.10. The van der Waals surface area contributed by atoms with Crippen molar-refractivity contribution in [3.05, 3.63) is 23.8 Å². The molecule has 9 heteroatoms. The van der Waals surface area contributed by atoms with Gasteiger partial charge < -0.3 is 24.7 Å². The fraction of sp³-hybridized carbons (Fsp3) is 0.375. The summed E-state index contributed by atoms with van der Waals surface area (Å²) in [5, 5.41) is 16.6. The van der Waals surface area contributed by atoms with E-state index in [9.17, 15) is 19.5 Å². The number of benzene rings is 1. The van der Waals surface area contributed by atoms with Gasteiger partial charge in [-0.2, -0.15) is 5.10 Å². The van der Waals surface area contributed by atoms with Crippen molar-refractivity contribution in [1.29, 1.82) is 0 Å². The molecule has 0 heterocycles. The van der Waals surface area contributed by atoms with Gasteiger partial charge in [0.2, 0.25) is 0 Å². The molecule has 1 aromatic rings. The van der Waals surface area contributed by atoms with Gasteiger partial charge in [0.05, 0.1) is 19.3 Å². The number of nitrogens with one attached hydrogen (secondary N) is 2. The molecular weight excluding hydrogens is 330 g/mol. The molecule has 9 nitrogen and oxygen atoms in total. The summed E-state index contributed by atoms with van der Waals surface area (Å²) >= 11 is 0. The van der Waals surface area contributed by atoms with Crippen LogP contribution in [0.3, 0.4) is 0 Å². The first-order valence-electron chi connectivity index (χ1n) is 7.52. The zero-order chi connectivity index (χ0) is 18.8. The number of aliphatic carboxylic acids is 1. The molecule has 0 saturated heterocycles. The van der Waals surface area contributed by atoms with E-state index in [1.807, 2.05) is 6.92 Å². The monoisotopic (exact) mass is 350 g/mol. The largest absolute Gasteiger partial charge is 0.546 e. The Bertz CT molecular complexity index is 659. The lowest BCUT2D eigenvalue weighted by Gasteiger charge is -2.11. The number of carboxylic acids is 1. The third-order valence-electron chi connectivity index (χ3n) is 3.11. The highest BCUT2D eigenvalue weighted by Gasteiger charge is 2.14. The summed E-state index contributed by atoms with van der Waals surface area (Å²) in [5.74, 6) is -2.49. The maximum Gasteiger partial charge on any atom is 0.329 e. The van der Waals surface area contributed by atoms with Gasteiger partial charge in [-0.15, -0.1) is 0 Å². The van der Waals surface area contributed by atoms with Gasteiger partial charge in [-0.05, 0) is 37.1 Å². The number of carbonyl (C=O) groups is 3. The minimum atomic E-state index is -1.36. The van der Waals surface area contributed by atoms with Crippen LogP contribution in [0.4, 0.5) is 0 Å². The first-order chi connectivity index (χ1) is 11.9. The number of amides is 2. The van der Waals surface area contributed by atoms with Crippen molar-refractivity contribution in [2.75, 3.05) is 13.7 Å². The summed E-state index contributed by atoms with van der Waals surface area (Å²) in [6.07, 6.45) is 2.01. The molecule has 2 amide bonds. The van der Waals surface area contributed by atoms with E-state index in [4.69, 9.17) is 9.47 Å². The Balaban J connectivity index is 2.66. The lowest BCUT2D eigenvalue weighted by Crippen LogP contribution is -2.41. The first-order valence-corrected chi connectivity index (χ1v) is 7.52. The highest BCUT2D eigenvalue weighted by atomic mass is 16.5. The van der Waals surface area contributed by atoms with Crippen molar-refractivity contribution >= 4 is 24.0 Å². The second-order valence-corrected chi connectivity index (χ2v) is 5.05. The molecule has 0 radical (unpaired) electrons. The van der Waals surface area contributed by atoms with Crippen molar-refractivity contribution in [2.45, 2.75) is 26.3 Å². The van der Waals surface area contributed by atoms with Crippen molar-refractivity contribution < 1.29 is 29.0 Å². The molecule has 1 aromatic carbocycles. The number of carboxylic acid groups (broad SMARTS) is 1. The maximum absolute atomic E-state index is 11.6. The molecule has 0 aromatic heterocycles. The van der Waals surface area contributed by atoms with Crippen LogP contribution in [0.15, 0.2) is 23.3 Å². The Labute approximate surface area is 145 Å². The molecule has 1 atom stereocenters. The predicted molar refractivity (Wildman–Crippen MR) is 87.1 cm³/mol. The summed E-state index contributed by atoms with van der Waals surface area (Å²) in [6.45, 7) is 3.06. The molecule has 0 aliphatic carbocycles. The van der Waals surface area contributed by atoms with Crippen LogP contribution >= 0.6 is 0 Å². The van der Waals surface area contributed by atoms with Crippen LogP contribution in [0.2, 0.25) is 0 Å². The quantitative estimate of drug-likeness (QED) is 0.358. The average molecular weight is 350 g/mol. The SMILES string of the molecule is CC[C@H](C)NC(=O)C(=O)N/N=C\c1ccc(OCC(=O)[O-])c(OC)c1. The van der Waals surface area contributed by atoms with E-state index in [1.54, 1.807) is 13.0 Å². The van der Waals surface area contributed by atoms with E-state index in [0.29, 0.717) is 12.0 Å². The van der Waals surface area contributed by atoms with Gasteiger partial charge in [0.15, 0.2) is 11.5 Å². The Kier molecular flexibility index (Phi) is 7.91. The predicted octanol–water partition coefficient (Wildman–Crippen LogP) is -0.811. The van der Waals surface area contributed by atoms with Crippen molar-refractivity contribution in [1.82, 2.24) is 10.7 Å². The molecule has 1 rings (SSSR count). The van der Waals surface area contributed by atoms with E-state index in [-0.39, 0.29) is 17.5 Å². The lowest BCUT2D eigenvalue weighted by molar-refractivity contribution is -0.307. The fourth-order valence-electron chi connectivity index (χ4n) is 1.63. The van der Waals surface area contributed by atoms with Gasteiger partial charge in [-0.25, -0.2) is 5.43 Å². The zero-order valence-electron chi connectivity index (χ0n) is 14.2. The Morgan fingerprint density at radius 2 is 2.00 bits per heavy atom. The third-order valence-corrected chi connectivity index (χ3v) is 3.11. The van der Waals surface area contributed by atoms with Crippen LogP contribution in [0.5, 0.6) is 11.5 Å². The minimum absolute atomic E-state index is 0.111. The second-order valence-electron chi connectivity index (χ2n) is 5.05. The van der Waals surface area contributed by atoms with Crippen LogP contribution < -0.4 is 25.3 Å². The number of nitrogens with zero attached hydrogens (tertiary/aromatic N) is 1. The molecule has 0 bridgehead atoms. The van der Waals surface area contributed by atoms with Crippen LogP contribution in [0.25, 0.3) is 0 Å². The number of carbonyl (C=O) groups excluding carboxylic acids is 3. The second kappa shape index (κ2) is 9.91. The smallest absolute Gasteiger partial charge is 0.329 e. The first kappa shape index (κ1) is 19.9. The van der Waals surface area contributed by atoms with Gasteiger partial charge in [0.1, 0.15) is 6.61 Å². The maximum atomic E-state index is 11.6. The van der Waals surface area contributed by atoms with Crippen LogP contribution in [-0.2, 0) is 14.4 Å². The number of ether oxygens (including phenoxy) is 2. The number of hydrogen-bond donors (Lipinski definition) is 2. The normalized spacial score (nSPS) is 11.6. The van der Waals surface area contributed by atoms with Crippen LogP contribution in [0, 0.1) is 0 Å². The summed E-state index contributed by atoms with van der Waals surface area (Å²) < 4.78 is 10.1. The minimum Gasteiger partial charge on any atom is -0.546 e. The average Bonchev–Trinajstić information content (AvgIpc) is 2.59. The summed E-state index contributed by atoms with van der Waals surface area (Å²) in [7, 11) is 1.39. The molecule has 25 heavy (non-hydrogen) atoms. The van der Waals surface area contributed by atoms with Gasteiger partial charge in [-0.3, -0.25) is 9.59 Å². The third kappa shape index (κ3) is 6.90. The highest BCUT2D eigenvalue weighted by molar-refractivity contribution is 6.35. The standard InChI is InChI=1S/C16H21N3O6/c1-4-10(2)18-15(22)16(23)19-17-8-11-5-6-12(13(7-11)24-3)25-9-14(20)21/h5-8,10H,4,9H2,1-3H3,(H,18,22)(H,19,23)(H,20,21)/p-1/b17-8-/t10-/m0/s1. The van der Waals surface area contributed by atoms with E-state index in [0.717, 1.165) is 0 Å². The van der Waals surface area contributed by atoms with Gasteiger partial charge >= 0.3 is 11.8 Å². The molecule has 0 unspecified atom stereocenters. The molecule has 136 valence electrons. The Morgan fingerprint density at radius 1 is 1.28 bits per heavy atom. The number of rotatable bonds is 8. The molecule has 0 saturated carbocycles. The van der Waals surface area contributed by atoms with Crippen LogP contribution in [0.1, 0.15) is 25.8 Å². The van der Waals surface area contributed by atoms with Gasteiger partial charge in [0, 0.05) is 6.04 Å². The van der Waals surface area contributed by atoms with Crippen molar-refractivity contribution in [3.63, 3.8) is 0 Å². The summed E-state index contributed by atoms with van der Waals surface area (Å²) in [5.41, 5.74) is 2.65.